The highest BCUT2D eigenvalue weighted by molar-refractivity contribution is 5.46. The van der Waals surface area contributed by atoms with Gasteiger partial charge < -0.3 is 10.2 Å². The van der Waals surface area contributed by atoms with Gasteiger partial charge in [-0.05, 0) is 19.3 Å². The number of anilines is 2. The van der Waals surface area contributed by atoms with E-state index in [2.05, 4.69) is 30.4 Å². The second kappa shape index (κ2) is 6.86. The summed E-state index contributed by atoms with van der Waals surface area (Å²) >= 11 is 0. The van der Waals surface area contributed by atoms with E-state index in [1.165, 1.54) is 29.8 Å². The first-order chi connectivity index (χ1) is 11.3. The highest BCUT2D eigenvalue weighted by Gasteiger charge is 2.14. The Bertz CT molecular complexity index is 756. The molecule has 3 rings (SSSR count). The lowest BCUT2D eigenvalue weighted by Crippen LogP contribution is -2.30. The van der Waals surface area contributed by atoms with Gasteiger partial charge >= 0.3 is 0 Å². The maximum absolute atomic E-state index is 12.3. The standard InChI is InChI=1S/C14H18N8O/c15-19-5-4-16-11-9-20-22(14(11)23)13-8-12(17-10-18-13)21-6-2-1-3-7-21/h4-5,8-10,15-16,20H,1-3,6-7H2/b5-4-,19-15?. The van der Waals surface area contributed by atoms with Crippen molar-refractivity contribution in [3.63, 3.8) is 0 Å². The Morgan fingerprint density at radius 1 is 1.26 bits per heavy atom. The zero-order chi connectivity index (χ0) is 16.1. The van der Waals surface area contributed by atoms with Crippen LogP contribution in [0.5, 0.6) is 0 Å². The third-order valence-electron chi connectivity index (χ3n) is 3.71. The van der Waals surface area contributed by atoms with E-state index in [-0.39, 0.29) is 5.56 Å². The van der Waals surface area contributed by atoms with E-state index in [1.807, 2.05) is 6.07 Å². The van der Waals surface area contributed by atoms with Crippen molar-refractivity contribution in [1.82, 2.24) is 19.7 Å². The van der Waals surface area contributed by atoms with Gasteiger partial charge in [0.1, 0.15) is 17.8 Å². The minimum absolute atomic E-state index is 0.261. The molecule has 1 aliphatic heterocycles. The van der Waals surface area contributed by atoms with Gasteiger partial charge in [0.25, 0.3) is 5.56 Å². The molecule has 3 N–H and O–H groups in total. The largest absolute Gasteiger partial charge is 0.356 e. The van der Waals surface area contributed by atoms with Crippen LogP contribution in [0.3, 0.4) is 0 Å². The zero-order valence-corrected chi connectivity index (χ0v) is 12.6. The second-order valence-electron chi connectivity index (χ2n) is 5.20. The lowest BCUT2D eigenvalue weighted by atomic mass is 10.1. The molecule has 9 heteroatoms. The molecule has 0 radical (unpaired) electrons. The molecule has 0 aliphatic carbocycles. The maximum atomic E-state index is 12.3. The van der Waals surface area contributed by atoms with Crippen molar-refractivity contribution in [2.45, 2.75) is 19.3 Å². The van der Waals surface area contributed by atoms with E-state index >= 15 is 0 Å². The van der Waals surface area contributed by atoms with Gasteiger partial charge in [0, 0.05) is 31.6 Å². The van der Waals surface area contributed by atoms with Crippen LogP contribution in [0, 0.1) is 5.53 Å². The topological polar surface area (TPSA) is 115 Å². The fourth-order valence-corrected chi connectivity index (χ4v) is 2.56. The number of aromatic nitrogens is 4. The normalized spacial score (nSPS) is 15.0. The van der Waals surface area contributed by atoms with Gasteiger partial charge in [0.05, 0.1) is 6.20 Å². The van der Waals surface area contributed by atoms with Crippen LogP contribution < -0.4 is 15.8 Å². The second-order valence-corrected chi connectivity index (χ2v) is 5.20. The molecule has 0 bridgehead atoms. The minimum Gasteiger partial charge on any atom is -0.356 e. The summed E-state index contributed by atoms with van der Waals surface area (Å²) in [6, 6.07) is 1.81. The van der Waals surface area contributed by atoms with Crippen molar-refractivity contribution < 1.29 is 0 Å². The highest BCUT2D eigenvalue weighted by Crippen LogP contribution is 2.18. The number of hydrogen-bond acceptors (Lipinski definition) is 7. The van der Waals surface area contributed by atoms with E-state index in [1.54, 1.807) is 6.20 Å². The quantitative estimate of drug-likeness (QED) is 0.729. The Hall–Kier alpha value is -2.97. The summed E-state index contributed by atoms with van der Waals surface area (Å²) in [6.45, 7) is 1.95. The molecule has 2 aromatic heterocycles. The number of hydrogen-bond donors (Lipinski definition) is 3. The van der Waals surface area contributed by atoms with Gasteiger partial charge in [-0.3, -0.25) is 9.89 Å². The van der Waals surface area contributed by atoms with Gasteiger partial charge in [0.15, 0.2) is 5.82 Å². The molecular formula is C14H18N8O. The van der Waals surface area contributed by atoms with E-state index in [4.69, 9.17) is 5.53 Å². The van der Waals surface area contributed by atoms with Crippen molar-refractivity contribution in [3.05, 3.63) is 41.3 Å². The minimum atomic E-state index is -0.261. The maximum Gasteiger partial charge on any atom is 0.296 e. The average Bonchev–Trinajstić information content (AvgIpc) is 2.97. The number of rotatable bonds is 5. The number of aromatic amines is 1. The summed E-state index contributed by atoms with van der Waals surface area (Å²) in [5.41, 5.74) is 6.76. The van der Waals surface area contributed by atoms with Crippen molar-refractivity contribution in [2.75, 3.05) is 23.3 Å². The summed E-state index contributed by atoms with van der Waals surface area (Å²) in [5, 5.41) is 8.71. The van der Waals surface area contributed by atoms with Crippen LogP contribution in [0.2, 0.25) is 0 Å². The fourth-order valence-electron chi connectivity index (χ4n) is 2.56. The highest BCUT2D eigenvalue weighted by atomic mass is 16.1. The predicted octanol–water partition coefficient (Wildman–Crippen LogP) is 1.86. The first-order valence-electron chi connectivity index (χ1n) is 7.45. The molecule has 0 aromatic carbocycles. The Morgan fingerprint density at radius 2 is 2.04 bits per heavy atom. The van der Waals surface area contributed by atoms with Gasteiger partial charge in [0.2, 0.25) is 0 Å². The van der Waals surface area contributed by atoms with Gasteiger partial charge in [-0.2, -0.15) is 9.80 Å². The first kappa shape index (κ1) is 14.9. The molecular weight excluding hydrogens is 296 g/mol. The van der Waals surface area contributed by atoms with Crippen molar-refractivity contribution in [3.8, 4) is 5.82 Å². The number of nitrogens with zero attached hydrogens (tertiary/aromatic N) is 5. The third kappa shape index (κ3) is 3.28. The summed E-state index contributed by atoms with van der Waals surface area (Å²) in [7, 11) is 0. The monoisotopic (exact) mass is 314 g/mol. The smallest absolute Gasteiger partial charge is 0.296 e. The third-order valence-corrected chi connectivity index (χ3v) is 3.71. The van der Waals surface area contributed by atoms with E-state index in [0.717, 1.165) is 31.7 Å². The van der Waals surface area contributed by atoms with Crippen LogP contribution in [0.15, 0.2) is 40.9 Å². The van der Waals surface area contributed by atoms with Gasteiger partial charge in [-0.1, -0.05) is 0 Å². The Kier molecular flexibility index (Phi) is 4.46. The lowest BCUT2D eigenvalue weighted by Gasteiger charge is -2.27. The molecule has 120 valence electrons. The summed E-state index contributed by atoms with van der Waals surface area (Å²) in [4.78, 5) is 23.0. The molecule has 0 amide bonds. The SMILES string of the molecule is N=N/C=C\Nc1c[nH]n(-c2cc(N3CCCCC3)ncn2)c1=O. The average molecular weight is 314 g/mol. The molecule has 1 aliphatic rings. The Morgan fingerprint density at radius 3 is 2.83 bits per heavy atom. The van der Waals surface area contributed by atoms with E-state index in [0.29, 0.717) is 11.5 Å². The van der Waals surface area contributed by atoms with Crippen molar-refractivity contribution in [2.24, 2.45) is 5.11 Å². The molecule has 0 saturated carbocycles. The van der Waals surface area contributed by atoms with Crippen LogP contribution in [-0.2, 0) is 0 Å². The van der Waals surface area contributed by atoms with Crippen LogP contribution in [0.1, 0.15) is 19.3 Å². The zero-order valence-electron chi connectivity index (χ0n) is 12.6. The molecule has 3 heterocycles. The fraction of sp³-hybridized carbons (Fsp3) is 0.357. The Balaban J connectivity index is 1.85. The lowest BCUT2D eigenvalue weighted by molar-refractivity contribution is 0.572. The predicted molar refractivity (Wildman–Crippen MR) is 86.0 cm³/mol. The van der Waals surface area contributed by atoms with Crippen LogP contribution in [-0.4, -0.2) is 32.8 Å². The molecule has 1 fully saturated rings. The van der Waals surface area contributed by atoms with Crippen molar-refractivity contribution >= 4 is 11.5 Å². The van der Waals surface area contributed by atoms with Crippen LogP contribution in [0.4, 0.5) is 11.5 Å². The number of H-pyrrole nitrogens is 1. The first-order valence-corrected chi connectivity index (χ1v) is 7.45. The van der Waals surface area contributed by atoms with E-state index in [9.17, 15) is 4.79 Å². The molecule has 23 heavy (non-hydrogen) atoms. The van der Waals surface area contributed by atoms with E-state index < -0.39 is 0 Å². The molecule has 9 nitrogen and oxygen atoms in total. The molecule has 0 spiro atoms. The van der Waals surface area contributed by atoms with Crippen molar-refractivity contribution in [1.29, 1.82) is 5.53 Å². The Labute approximate surface area is 132 Å². The summed E-state index contributed by atoms with van der Waals surface area (Å²) in [5.74, 6) is 1.33. The van der Waals surface area contributed by atoms with Gasteiger partial charge in [-0.25, -0.2) is 15.5 Å². The summed E-state index contributed by atoms with van der Waals surface area (Å²) < 4.78 is 1.35. The van der Waals surface area contributed by atoms with Gasteiger partial charge in [-0.15, -0.1) is 0 Å². The summed E-state index contributed by atoms with van der Waals surface area (Å²) in [6.07, 6.45) is 9.24. The molecule has 0 atom stereocenters. The molecule has 2 aromatic rings. The number of piperidine rings is 1. The molecule has 0 unspecified atom stereocenters. The van der Waals surface area contributed by atoms with Crippen LogP contribution >= 0.6 is 0 Å². The number of nitrogens with one attached hydrogen (secondary N) is 3. The van der Waals surface area contributed by atoms with Crippen LogP contribution in [0.25, 0.3) is 5.82 Å². The molecule has 1 saturated heterocycles.